The van der Waals surface area contributed by atoms with E-state index in [1.165, 1.54) is 299 Å². The highest BCUT2D eigenvalue weighted by atomic mass is 15.0. The summed E-state index contributed by atoms with van der Waals surface area (Å²) in [5.41, 5.74) is 41.1. The molecule has 0 N–H and O–H groups in total. The Morgan fingerprint density at radius 1 is 0.403 bits per heavy atom. The van der Waals surface area contributed by atoms with E-state index in [4.69, 9.17) is 9.98 Å². The van der Waals surface area contributed by atoms with E-state index in [2.05, 4.69) is 239 Å². The van der Waals surface area contributed by atoms with E-state index in [0.29, 0.717) is 59.3 Å². The molecule has 0 radical (unpaired) electrons. The third-order valence-electron chi connectivity index (χ3n) is 36.0. The number of fused-ring (bicyclic) bond motifs is 25. The second-order valence-electron chi connectivity index (χ2n) is 42.6. The van der Waals surface area contributed by atoms with Gasteiger partial charge >= 0.3 is 0 Å². The second-order valence-corrected chi connectivity index (χ2v) is 42.6. The van der Waals surface area contributed by atoms with Crippen LogP contribution in [0, 0.1) is 59.2 Å². The van der Waals surface area contributed by atoms with Crippen molar-refractivity contribution in [3.05, 3.63) is 213 Å². The van der Waals surface area contributed by atoms with Crippen LogP contribution in [0.25, 0.3) is 105 Å². The van der Waals surface area contributed by atoms with E-state index >= 15 is 0 Å². The van der Waals surface area contributed by atoms with Crippen LogP contribution in [0.2, 0.25) is 0 Å². The summed E-state index contributed by atoms with van der Waals surface area (Å²) in [6.45, 7) is 30.0. The molecular weight excluding hydrogens is 1440 g/mol. The number of rotatable bonds is 28. The van der Waals surface area contributed by atoms with E-state index in [9.17, 15) is 0 Å². The van der Waals surface area contributed by atoms with Crippen molar-refractivity contribution in [3.63, 3.8) is 0 Å². The van der Waals surface area contributed by atoms with Crippen LogP contribution in [0.5, 0.6) is 0 Å². The first-order valence-corrected chi connectivity index (χ1v) is 49.4. The largest absolute Gasteiger partial charge is 0.305 e. The molecule has 614 valence electrons. The molecule has 3 aromatic heterocycles. The summed E-state index contributed by atoms with van der Waals surface area (Å²) in [6.07, 6.45) is 43.9. The molecule has 11 aromatic rings. The molecular formula is C116H135N3. The average molecular weight is 1570 g/mol. The molecule has 0 spiro atoms. The monoisotopic (exact) mass is 1570 g/mol. The number of benzene rings is 8. The van der Waals surface area contributed by atoms with Crippen molar-refractivity contribution in [1.29, 1.82) is 0 Å². The SMILES string of the molecule is CCCCCCC(CC)C1(C(CC)CCCCC)c2cc(-c3ccc4c(c3)C(C)(C)c3ccccc3-4)ccc2-c2ccc(-c3ccc4c(c3)C(C)(C)c3cc(-c5ccc6c(c5)C(CC(CC)CCCC)(C(CC)CCCCC)c5c-6cc6c7c8c(ncc7n7c9c(c5c67)C5C6CC7CC(CC(C7)C5N=C9)C6)C5CC6CC8CC5C6)ccc3-4)cc21. The Kier molecular flexibility index (Phi) is 19.1. The molecule has 119 heavy (non-hydrogen) atoms. The highest BCUT2D eigenvalue weighted by Crippen LogP contribution is 2.69. The molecule has 12 aliphatic rings. The lowest BCUT2D eigenvalue weighted by Gasteiger charge is -2.46. The zero-order valence-corrected chi connectivity index (χ0v) is 74.6. The maximum Gasteiger partial charge on any atom is 0.0728 e. The van der Waals surface area contributed by atoms with Crippen molar-refractivity contribution in [2.24, 2.45) is 64.2 Å². The van der Waals surface area contributed by atoms with Gasteiger partial charge in [0.2, 0.25) is 0 Å². The highest BCUT2D eigenvalue weighted by Gasteiger charge is 2.58. The zero-order chi connectivity index (χ0) is 80.9. The minimum absolute atomic E-state index is 0.0603. The van der Waals surface area contributed by atoms with Gasteiger partial charge in [0, 0.05) is 61.6 Å². The molecule has 1 aliphatic heterocycles. The minimum Gasteiger partial charge on any atom is -0.305 e. The Morgan fingerprint density at radius 2 is 0.891 bits per heavy atom. The molecule has 6 saturated carbocycles. The normalized spacial score (nSPS) is 26.8. The molecule has 14 unspecified atom stereocenters. The third kappa shape index (κ3) is 11.3. The molecule has 23 rings (SSSR count). The van der Waals surface area contributed by atoms with Gasteiger partial charge in [0.25, 0.3) is 0 Å². The van der Waals surface area contributed by atoms with Gasteiger partial charge in [-0.3, -0.25) is 9.98 Å². The maximum atomic E-state index is 6.00. The zero-order valence-electron chi connectivity index (χ0n) is 74.6. The predicted octanol–water partition coefficient (Wildman–Crippen LogP) is 32.4. The van der Waals surface area contributed by atoms with Crippen LogP contribution in [-0.2, 0) is 21.7 Å². The fourth-order valence-electron chi connectivity index (χ4n) is 30.8. The van der Waals surface area contributed by atoms with Crippen molar-refractivity contribution in [2.75, 3.05) is 0 Å². The molecule has 11 aliphatic carbocycles. The summed E-state index contributed by atoms with van der Waals surface area (Å²) in [5, 5.41) is 4.82. The summed E-state index contributed by atoms with van der Waals surface area (Å²) in [6, 6.07) is 59.3. The van der Waals surface area contributed by atoms with Gasteiger partial charge in [-0.1, -0.05) is 289 Å². The Labute approximate surface area is 714 Å². The van der Waals surface area contributed by atoms with Crippen molar-refractivity contribution in [2.45, 2.75) is 321 Å². The molecule has 3 nitrogen and oxygen atoms in total. The number of hydrogen-bond acceptors (Lipinski definition) is 2. The molecule has 0 amide bonds. The number of aliphatic imine (C=N–C) groups is 1. The Hall–Kier alpha value is -7.88. The van der Waals surface area contributed by atoms with Gasteiger partial charge in [-0.15, -0.1) is 0 Å². The molecule has 8 aromatic carbocycles. The van der Waals surface area contributed by atoms with Gasteiger partial charge in [-0.05, 0) is 325 Å². The number of pyridine rings is 1. The van der Waals surface area contributed by atoms with Crippen molar-refractivity contribution in [1.82, 2.24) is 9.38 Å². The summed E-state index contributed by atoms with van der Waals surface area (Å²) in [5.74, 6) is 8.58. The van der Waals surface area contributed by atoms with Gasteiger partial charge in [0.15, 0.2) is 0 Å². The smallest absolute Gasteiger partial charge is 0.0728 e. The summed E-state index contributed by atoms with van der Waals surface area (Å²) < 4.78 is 2.87. The van der Waals surface area contributed by atoms with Crippen molar-refractivity contribution in [3.8, 4) is 77.9 Å². The molecule has 7 bridgehead atoms. The number of aromatic nitrogens is 2. The van der Waals surface area contributed by atoms with Crippen LogP contribution >= 0.6 is 0 Å². The van der Waals surface area contributed by atoms with Crippen LogP contribution in [-0.4, -0.2) is 21.6 Å². The summed E-state index contributed by atoms with van der Waals surface area (Å²) >= 11 is 0. The lowest BCUT2D eigenvalue weighted by molar-refractivity contribution is 0.130. The van der Waals surface area contributed by atoms with Crippen LogP contribution in [0.3, 0.4) is 0 Å². The molecule has 6 fully saturated rings. The topological polar surface area (TPSA) is 29.7 Å². The summed E-state index contributed by atoms with van der Waals surface area (Å²) in [7, 11) is 0. The fraction of sp³-hybridized carbons (Fsp3) is 0.517. The van der Waals surface area contributed by atoms with Crippen LogP contribution in [0.15, 0.2) is 151 Å². The van der Waals surface area contributed by atoms with Gasteiger partial charge in [0.05, 0.1) is 29.0 Å². The Balaban J connectivity index is 0.687. The fourth-order valence-corrected chi connectivity index (χ4v) is 30.8. The number of hydrogen-bond donors (Lipinski definition) is 0. The van der Waals surface area contributed by atoms with E-state index < -0.39 is 0 Å². The second kappa shape index (κ2) is 29.4. The van der Waals surface area contributed by atoms with Crippen molar-refractivity contribution < 1.29 is 0 Å². The number of nitrogens with zero attached hydrogens (tertiary/aromatic N) is 3. The quantitative estimate of drug-likeness (QED) is 0.0450. The summed E-state index contributed by atoms with van der Waals surface area (Å²) in [4.78, 5) is 11.8. The van der Waals surface area contributed by atoms with E-state index in [-0.39, 0.29) is 21.7 Å². The lowest BCUT2D eigenvalue weighted by Crippen LogP contribution is -2.42. The van der Waals surface area contributed by atoms with E-state index in [1.807, 2.05) is 0 Å². The minimum atomic E-state index is -0.224. The van der Waals surface area contributed by atoms with Gasteiger partial charge in [-0.2, -0.15) is 0 Å². The first-order chi connectivity index (χ1) is 58.1. The standard InChI is InChI=1S/C116H135N3/c1-13-21-25-28-34-84(20-8)116(83(19-7)33-27-23-15-3)100-62-76(73-37-43-86-85-35-29-30-36-95(85)113(9,10)96(86)58-73)40-46-89(100)90-47-41-77(63-101(90)116)74-39-45-88-87-44-38-72(59-97(87)114(11,12)98(88)60-74)75-42-48-91-93-64-94-106-102(66-118-111-92-56-71-50-78(92)57-80(53-71)104(106)111)119-103-67-117-110-81-54-69-49-70(55-81)52-79(51-69)105(110)107(103)108(112(94)119)109(93)115(99(91)61-75,65-68(17-5)31-24-16-4)82(18-6)32-26-22-14-2/h29-30,35-48,58-64,66-71,78-84,92,105,110H,13-28,31-34,49-57,65H2,1-12H3. The predicted molar refractivity (Wildman–Crippen MR) is 504 cm³/mol. The van der Waals surface area contributed by atoms with E-state index in [0.717, 1.165) is 23.7 Å². The highest BCUT2D eigenvalue weighted by molar-refractivity contribution is 6.22. The average Bonchev–Trinajstić information content (AvgIpc) is 1.49. The molecule has 4 heterocycles. The van der Waals surface area contributed by atoms with E-state index in [1.54, 1.807) is 66.2 Å². The number of unbranched alkanes of at least 4 members (excludes halogenated alkanes) is 8. The van der Waals surface area contributed by atoms with Crippen molar-refractivity contribution >= 4 is 33.4 Å². The Bertz CT molecular complexity index is 5850. The van der Waals surface area contributed by atoms with Gasteiger partial charge in [0.1, 0.15) is 0 Å². The van der Waals surface area contributed by atoms with Crippen LogP contribution in [0.1, 0.15) is 360 Å². The van der Waals surface area contributed by atoms with Gasteiger partial charge in [-0.25, -0.2) is 0 Å². The maximum absolute atomic E-state index is 6.00. The Morgan fingerprint density at radius 3 is 1.46 bits per heavy atom. The van der Waals surface area contributed by atoms with Gasteiger partial charge < -0.3 is 4.40 Å². The van der Waals surface area contributed by atoms with Crippen LogP contribution in [0.4, 0.5) is 0 Å². The molecule has 14 atom stereocenters. The lowest BCUT2D eigenvalue weighted by atomic mass is 9.57. The first-order valence-electron chi connectivity index (χ1n) is 49.4. The molecule has 0 saturated heterocycles. The van der Waals surface area contributed by atoms with Crippen LogP contribution < -0.4 is 0 Å². The third-order valence-corrected chi connectivity index (χ3v) is 36.0. The molecule has 3 heteroatoms. The first kappa shape index (κ1) is 77.2.